The van der Waals surface area contributed by atoms with E-state index in [4.69, 9.17) is 10.2 Å². The van der Waals surface area contributed by atoms with Gasteiger partial charge in [0.15, 0.2) is 0 Å². The Labute approximate surface area is 101 Å². The van der Waals surface area contributed by atoms with Gasteiger partial charge in [0, 0.05) is 20.1 Å². The van der Waals surface area contributed by atoms with Gasteiger partial charge in [-0.3, -0.25) is 9.59 Å². The number of hydrogen-bond donors (Lipinski definition) is 2. The first-order valence-corrected chi connectivity index (χ1v) is 5.84. The zero-order chi connectivity index (χ0) is 12.8. The molecule has 17 heavy (non-hydrogen) atoms. The van der Waals surface area contributed by atoms with Crippen molar-refractivity contribution in [2.24, 2.45) is 5.92 Å². The number of carbonyl (C=O) groups excluding carboxylic acids is 2. The Morgan fingerprint density at radius 1 is 1.24 bits per heavy atom. The molecule has 0 aromatic heterocycles. The lowest BCUT2D eigenvalue weighted by Crippen LogP contribution is -2.43. The first-order chi connectivity index (χ1) is 8.10. The van der Waals surface area contributed by atoms with Crippen LogP contribution in [0.3, 0.4) is 0 Å². The Balaban J connectivity index is 2.44. The standard InChI is InChI=1S/C11H20N2O4/c1-12(11(17)9(7-14)8-15)6-10(16)13-4-2-3-5-13/h9,14-15H,2-8H2,1H3. The number of amides is 2. The molecule has 0 spiro atoms. The molecule has 0 radical (unpaired) electrons. The number of carbonyl (C=O) groups is 2. The van der Waals surface area contributed by atoms with E-state index in [1.807, 2.05) is 0 Å². The Bertz CT molecular complexity index is 273. The van der Waals surface area contributed by atoms with Crippen molar-refractivity contribution in [1.29, 1.82) is 0 Å². The number of aliphatic hydroxyl groups excluding tert-OH is 2. The third-order valence-corrected chi connectivity index (χ3v) is 3.00. The van der Waals surface area contributed by atoms with Crippen LogP contribution < -0.4 is 0 Å². The van der Waals surface area contributed by atoms with Crippen LogP contribution in [0.25, 0.3) is 0 Å². The summed E-state index contributed by atoms with van der Waals surface area (Å²) in [5.41, 5.74) is 0. The van der Waals surface area contributed by atoms with Gasteiger partial charge < -0.3 is 20.0 Å². The first-order valence-electron chi connectivity index (χ1n) is 5.84. The minimum atomic E-state index is -0.827. The largest absolute Gasteiger partial charge is 0.395 e. The van der Waals surface area contributed by atoms with Gasteiger partial charge in [-0.25, -0.2) is 0 Å². The van der Waals surface area contributed by atoms with Crippen LogP contribution in [0.4, 0.5) is 0 Å². The van der Waals surface area contributed by atoms with E-state index in [1.165, 1.54) is 11.9 Å². The Morgan fingerprint density at radius 2 is 1.76 bits per heavy atom. The van der Waals surface area contributed by atoms with Gasteiger partial charge in [-0.05, 0) is 12.8 Å². The molecule has 6 nitrogen and oxygen atoms in total. The number of nitrogens with zero attached hydrogens (tertiary/aromatic N) is 2. The quantitative estimate of drug-likeness (QED) is 0.628. The zero-order valence-corrected chi connectivity index (χ0v) is 10.1. The molecular weight excluding hydrogens is 224 g/mol. The predicted octanol–water partition coefficient (Wildman–Crippen LogP) is -1.33. The SMILES string of the molecule is CN(CC(=O)N1CCCC1)C(=O)C(CO)CO. The molecule has 1 aliphatic heterocycles. The van der Waals surface area contributed by atoms with Crippen molar-refractivity contribution in [2.75, 3.05) is 39.9 Å². The molecule has 0 aromatic rings. The van der Waals surface area contributed by atoms with E-state index in [1.54, 1.807) is 4.90 Å². The summed E-state index contributed by atoms with van der Waals surface area (Å²) in [6.45, 7) is 0.707. The molecule has 1 rings (SSSR count). The molecule has 6 heteroatoms. The molecule has 0 saturated carbocycles. The van der Waals surface area contributed by atoms with Gasteiger partial charge >= 0.3 is 0 Å². The maximum Gasteiger partial charge on any atom is 0.242 e. The fourth-order valence-electron chi connectivity index (χ4n) is 1.87. The lowest BCUT2D eigenvalue weighted by atomic mass is 10.1. The van der Waals surface area contributed by atoms with Crippen LogP contribution in [0.5, 0.6) is 0 Å². The monoisotopic (exact) mass is 244 g/mol. The van der Waals surface area contributed by atoms with Crippen LogP contribution in [0.2, 0.25) is 0 Å². The summed E-state index contributed by atoms with van der Waals surface area (Å²) >= 11 is 0. The molecule has 1 fully saturated rings. The third kappa shape index (κ3) is 3.67. The summed E-state index contributed by atoms with van der Waals surface area (Å²) in [7, 11) is 1.51. The summed E-state index contributed by atoms with van der Waals surface area (Å²) in [6.07, 6.45) is 2.03. The fraction of sp³-hybridized carbons (Fsp3) is 0.818. The van der Waals surface area contributed by atoms with Gasteiger partial charge in [0.1, 0.15) is 0 Å². The minimum absolute atomic E-state index is 0.00926. The molecule has 1 saturated heterocycles. The lowest BCUT2D eigenvalue weighted by molar-refractivity contribution is -0.143. The highest BCUT2D eigenvalue weighted by atomic mass is 16.3. The van der Waals surface area contributed by atoms with Gasteiger partial charge in [0.25, 0.3) is 0 Å². The van der Waals surface area contributed by atoms with E-state index in [9.17, 15) is 9.59 Å². The van der Waals surface area contributed by atoms with Crippen molar-refractivity contribution in [3.63, 3.8) is 0 Å². The number of aliphatic hydroxyl groups is 2. The fourth-order valence-corrected chi connectivity index (χ4v) is 1.87. The predicted molar refractivity (Wildman–Crippen MR) is 61.1 cm³/mol. The van der Waals surface area contributed by atoms with Crippen LogP contribution in [-0.2, 0) is 9.59 Å². The van der Waals surface area contributed by atoms with Crippen LogP contribution in [0.1, 0.15) is 12.8 Å². The highest BCUT2D eigenvalue weighted by Gasteiger charge is 2.25. The third-order valence-electron chi connectivity index (χ3n) is 3.00. The summed E-state index contributed by atoms with van der Waals surface area (Å²) in [5.74, 6) is -1.30. The zero-order valence-electron chi connectivity index (χ0n) is 10.1. The Hall–Kier alpha value is -1.14. The molecular formula is C11H20N2O4. The normalized spacial score (nSPS) is 15.4. The molecule has 98 valence electrons. The van der Waals surface area contributed by atoms with Gasteiger partial charge in [0.2, 0.25) is 11.8 Å². The van der Waals surface area contributed by atoms with E-state index in [0.717, 1.165) is 25.9 Å². The van der Waals surface area contributed by atoms with E-state index in [0.29, 0.717) is 0 Å². The maximum absolute atomic E-state index is 11.8. The number of likely N-dealkylation sites (tertiary alicyclic amines) is 1. The summed E-state index contributed by atoms with van der Waals surface area (Å²) in [5, 5.41) is 17.8. The number of rotatable bonds is 5. The van der Waals surface area contributed by atoms with Crippen LogP contribution in [-0.4, -0.2) is 71.7 Å². The van der Waals surface area contributed by atoms with Gasteiger partial charge in [0.05, 0.1) is 25.7 Å². The van der Waals surface area contributed by atoms with E-state index in [-0.39, 0.29) is 12.5 Å². The highest BCUT2D eigenvalue weighted by Crippen LogP contribution is 2.08. The van der Waals surface area contributed by atoms with Crippen molar-refractivity contribution in [1.82, 2.24) is 9.80 Å². The van der Waals surface area contributed by atoms with Crippen LogP contribution in [0.15, 0.2) is 0 Å². The molecule has 1 heterocycles. The maximum atomic E-state index is 11.8. The molecule has 2 N–H and O–H groups in total. The molecule has 1 aliphatic rings. The Morgan fingerprint density at radius 3 is 2.24 bits per heavy atom. The summed E-state index contributed by atoms with van der Waals surface area (Å²) in [4.78, 5) is 26.5. The second kappa shape index (κ2) is 6.56. The number of likely N-dealkylation sites (N-methyl/N-ethyl adjacent to an activating group) is 1. The van der Waals surface area contributed by atoms with E-state index >= 15 is 0 Å². The van der Waals surface area contributed by atoms with Gasteiger partial charge in [-0.1, -0.05) is 0 Å². The minimum Gasteiger partial charge on any atom is -0.395 e. The van der Waals surface area contributed by atoms with Crippen molar-refractivity contribution < 1.29 is 19.8 Å². The smallest absolute Gasteiger partial charge is 0.242 e. The van der Waals surface area contributed by atoms with E-state index in [2.05, 4.69) is 0 Å². The first kappa shape index (κ1) is 13.9. The second-order valence-electron chi connectivity index (χ2n) is 4.34. The van der Waals surface area contributed by atoms with Crippen molar-refractivity contribution in [2.45, 2.75) is 12.8 Å². The second-order valence-corrected chi connectivity index (χ2v) is 4.34. The van der Waals surface area contributed by atoms with Crippen molar-refractivity contribution in [3.05, 3.63) is 0 Å². The molecule has 0 aromatic carbocycles. The van der Waals surface area contributed by atoms with E-state index < -0.39 is 25.0 Å². The summed E-state index contributed by atoms with van der Waals surface area (Å²) < 4.78 is 0. The lowest BCUT2D eigenvalue weighted by Gasteiger charge is -2.23. The molecule has 0 aliphatic carbocycles. The number of hydrogen-bond acceptors (Lipinski definition) is 4. The van der Waals surface area contributed by atoms with Gasteiger partial charge in [-0.2, -0.15) is 0 Å². The van der Waals surface area contributed by atoms with Crippen LogP contribution >= 0.6 is 0 Å². The van der Waals surface area contributed by atoms with Gasteiger partial charge in [-0.15, -0.1) is 0 Å². The van der Waals surface area contributed by atoms with Crippen molar-refractivity contribution in [3.8, 4) is 0 Å². The van der Waals surface area contributed by atoms with Crippen molar-refractivity contribution >= 4 is 11.8 Å². The van der Waals surface area contributed by atoms with Crippen LogP contribution in [0, 0.1) is 5.92 Å². The highest BCUT2D eigenvalue weighted by molar-refractivity contribution is 5.86. The Kier molecular flexibility index (Phi) is 5.37. The average molecular weight is 244 g/mol. The molecule has 0 unspecified atom stereocenters. The molecule has 0 atom stereocenters. The molecule has 0 bridgehead atoms. The molecule has 2 amide bonds. The summed E-state index contributed by atoms with van der Waals surface area (Å²) in [6, 6.07) is 0. The topological polar surface area (TPSA) is 81.1 Å². The average Bonchev–Trinajstić information content (AvgIpc) is 2.83.